The quantitative estimate of drug-likeness (QED) is 0.397. The van der Waals surface area contributed by atoms with Gasteiger partial charge in [0.2, 0.25) is 11.8 Å². The van der Waals surface area contributed by atoms with Gasteiger partial charge in [0.1, 0.15) is 0 Å². The summed E-state index contributed by atoms with van der Waals surface area (Å²) in [6.07, 6.45) is 1.75. The van der Waals surface area contributed by atoms with E-state index in [0.717, 1.165) is 40.8 Å². The minimum Gasteiger partial charge on any atom is -0.372 e. The molecule has 3 rings (SSSR count). The third kappa shape index (κ3) is 6.15. The van der Waals surface area contributed by atoms with Crippen LogP contribution in [0, 0.1) is 0 Å². The largest absolute Gasteiger partial charge is 0.372 e. The van der Waals surface area contributed by atoms with Gasteiger partial charge < -0.3 is 10.2 Å². The van der Waals surface area contributed by atoms with Gasteiger partial charge >= 0.3 is 0 Å². The normalized spacial score (nSPS) is 10.9. The molecular weight excluding hydrogens is 388 g/mol. The van der Waals surface area contributed by atoms with Crippen LogP contribution >= 0.6 is 0 Å². The van der Waals surface area contributed by atoms with Crippen LogP contribution in [0.4, 0.5) is 11.4 Å². The molecule has 3 aromatic rings. The second-order valence-electron chi connectivity index (χ2n) is 7.13. The Kier molecular flexibility index (Phi) is 7.76. The summed E-state index contributed by atoms with van der Waals surface area (Å²) < 4.78 is 0. The van der Waals surface area contributed by atoms with E-state index in [1.165, 1.54) is 0 Å². The number of hydrogen-bond acceptors (Lipinski definition) is 4. The van der Waals surface area contributed by atoms with Crippen molar-refractivity contribution in [2.24, 2.45) is 5.10 Å². The van der Waals surface area contributed by atoms with Crippen molar-refractivity contribution in [2.45, 2.75) is 26.7 Å². The number of nitrogens with one attached hydrogen (secondary N) is 2. The molecule has 0 spiro atoms. The van der Waals surface area contributed by atoms with Crippen LogP contribution < -0.4 is 15.6 Å². The zero-order valence-electron chi connectivity index (χ0n) is 18.0. The van der Waals surface area contributed by atoms with E-state index in [4.69, 9.17) is 0 Å². The van der Waals surface area contributed by atoms with Crippen molar-refractivity contribution in [3.05, 3.63) is 72.3 Å². The lowest BCUT2D eigenvalue weighted by molar-refractivity contribution is -0.124. The molecule has 0 saturated heterocycles. The number of carbonyl (C=O) groups excluding carboxylic acids is 2. The molecule has 0 radical (unpaired) electrons. The summed E-state index contributed by atoms with van der Waals surface area (Å²) in [6.45, 7) is 6.15. The molecule has 6 heteroatoms. The van der Waals surface area contributed by atoms with Crippen molar-refractivity contribution in [3.8, 4) is 0 Å². The Morgan fingerprint density at radius 3 is 2.29 bits per heavy atom. The molecule has 3 aromatic carbocycles. The van der Waals surface area contributed by atoms with Gasteiger partial charge in [-0.1, -0.05) is 48.5 Å². The second-order valence-corrected chi connectivity index (χ2v) is 7.13. The number of carbonyl (C=O) groups is 2. The summed E-state index contributed by atoms with van der Waals surface area (Å²) in [4.78, 5) is 26.5. The van der Waals surface area contributed by atoms with Crippen LogP contribution in [-0.4, -0.2) is 31.1 Å². The Bertz CT molecular complexity index is 1050. The molecule has 160 valence electrons. The molecule has 0 aliphatic carbocycles. The Hall–Kier alpha value is -3.67. The first-order chi connectivity index (χ1) is 15.1. The van der Waals surface area contributed by atoms with E-state index in [9.17, 15) is 9.59 Å². The van der Waals surface area contributed by atoms with E-state index in [1.54, 1.807) is 6.21 Å². The zero-order valence-corrected chi connectivity index (χ0v) is 18.0. The van der Waals surface area contributed by atoms with Crippen LogP contribution in [0.3, 0.4) is 0 Å². The SMILES string of the molecule is CCN(CC)c1ccc(C=NNC(=O)CCC(=O)Nc2cccc3ccccc23)cc1. The van der Waals surface area contributed by atoms with Crippen LogP contribution in [0.1, 0.15) is 32.3 Å². The number of benzene rings is 3. The maximum absolute atomic E-state index is 12.3. The average molecular weight is 417 g/mol. The van der Waals surface area contributed by atoms with Gasteiger partial charge in [-0.05, 0) is 43.0 Å². The van der Waals surface area contributed by atoms with Crippen LogP contribution in [0.5, 0.6) is 0 Å². The highest BCUT2D eigenvalue weighted by molar-refractivity contribution is 6.02. The van der Waals surface area contributed by atoms with Gasteiger partial charge in [0.25, 0.3) is 0 Å². The van der Waals surface area contributed by atoms with Crippen LogP contribution in [0.2, 0.25) is 0 Å². The van der Waals surface area contributed by atoms with E-state index in [0.29, 0.717) is 0 Å². The summed E-state index contributed by atoms with van der Waals surface area (Å²) in [5.74, 6) is -0.508. The van der Waals surface area contributed by atoms with Gasteiger partial charge in [-0.25, -0.2) is 5.43 Å². The predicted octanol–water partition coefficient (Wildman–Crippen LogP) is 4.56. The van der Waals surface area contributed by atoms with Crippen molar-refractivity contribution in [3.63, 3.8) is 0 Å². The minimum atomic E-state index is -0.302. The van der Waals surface area contributed by atoms with E-state index < -0.39 is 0 Å². The molecule has 0 atom stereocenters. The molecule has 0 bridgehead atoms. The van der Waals surface area contributed by atoms with Gasteiger partial charge in [-0.3, -0.25) is 9.59 Å². The highest BCUT2D eigenvalue weighted by Crippen LogP contribution is 2.23. The van der Waals surface area contributed by atoms with Crippen molar-refractivity contribution in [2.75, 3.05) is 23.3 Å². The average Bonchev–Trinajstić information content (AvgIpc) is 2.80. The molecule has 6 nitrogen and oxygen atoms in total. The minimum absolute atomic E-state index is 0.0643. The molecule has 0 aliphatic rings. The van der Waals surface area contributed by atoms with Crippen LogP contribution in [-0.2, 0) is 9.59 Å². The fourth-order valence-corrected chi connectivity index (χ4v) is 3.37. The number of rotatable bonds is 9. The Labute approximate surface area is 183 Å². The molecule has 0 saturated carbocycles. The smallest absolute Gasteiger partial charge is 0.240 e. The molecule has 0 fully saturated rings. The van der Waals surface area contributed by atoms with Gasteiger partial charge in [0, 0.05) is 42.7 Å². The number of anilines is 2. The van der Waals surface area contributed by atoms with Crippen molar-refractivity contribution in [1.82, 2.24) is 5.43 Å². The molecule has 0 unspecified atom stereocenters. The summed E-state index contributed by atoms with van der Waals surface area (Å²) in [5, 5.41) is 8.90. The van der Waals surface area contributed by atoms with Gasteiger partial charge in [0.15, 0.2) is 0 Å². The van der Waals surface area contributed by atoms with Gasteiger partial charge in [-0.2, -0.15) is 5.10 Å². The molecule has 2 N–H and O–H groups in total. The van der Waals surface area contributed by atoms with Crippen LogP contribution in [0.25, 0.3) is 10.8 Å². The molecular formula is C25H28N4O2. The number of nitrogens with zero attached hydrogens (tertiary/aromatic N) is 2. The highest BCUT2D eigenvalue weighted by atomic mass is 16.2. The Balaban J connectivity index is 1.46. The third-order valence-corrected chi connectivity index (χ3v) is 5.07. The predicted molar refractivity (Wildman–Crippen MR) is 128 cm³/mol. The lowest BCUT2D eigenvalue weighted by Crippen LogP contribution is -2.21. The van der Waals surface area contributed by atoms with E-state index in [-0.39, 0.29) is 24.7 Å². The van der Waals surface area contributed by atoms with Gasteiger partial charge in [-0.15, -0.1) is 0 Å². The monoisotopic (exact) mass is 416 g/mol. The summed E-state index contributed by atoms with van der Waals surface area (Å²) in [7, 11) is 0. The standard InChI is InChI=1S/C25H28N4O2/c1-3-29(4-2)21-14-12-19(13-15-21)18-26-28-25(31)17-16-24(30)27-23-11-7-9-20-8-5-6-10-22(20)23/h5-15,18H,3-4,16-17H2,1-2H3,(H,27,30)(H,28,31). The van der Waals surface area contributed by atoms with Crippen molar-refractivity contribution >= 4 is 40.2 Å². The van der Waals surface area contributed by atoms with E-state index in [2.05, 4.69) is 34.6 Å². The third-order valence-electron chi connectivity index (χ3n) is 5.07. The second kappa shape index (κ2) is 10.9. The van der Waals surface area contributed by atoms with Gasteiger partial charge in [0.05, 0.1) is 6.21 Å². The Morgan fingerprint density at radius 2 is 1.55 bits per heavy atom. The summed E-state index contributed by atoms with van der Waals surface area (Å²) in [6, 6.07) is 21.6. The van der Waals surface area contributed by atoms with Crippen molar-refractivity contribution in [1.29, 1.82) is 0 Å². The lowest BCUT2D eigenvalue weighted by atomic mass is 10.1. The molecule has 31 heavy (non-hydrogen) atoms. The number of hydrogen-bond donors (Lipinski definition) is 2. The highest BCUT2D eigenvalue weighted by Gasteiger charge is 2.08. The maximum Gasteiger partial charge on any atom is 0.240 e. The molecule has 0 aromatic heterocycles. The number of fused-ring (bicyclic) bond motifs is 1. The maximum atomic E-state index is 12.3. The first kappa shape index (κ1) is 22.0. The first-order valence-electron chi connectivity index (χ1n) is 10.5. The fraction of sp³-hybridized carbons (Fsp3) is 0.240. The zero-order chi connectivity index (χ0) is 22.1. The molecule has 0 heterocycles. The lowest BCUT2D eigenvalue weighted by Gasteiger charge is -2.20. The summed E-state index contributed by atoms with van der Waals surface area (Å²) >= 11 is 0. The topological polar surface area (TPSA) is 73.8 Å². The molecule has 0 aliphatic heterocycles. The number of hydrazone groups is 1. The summed E-state index contributed by atoms with van der Waals surface area (Å²) in [5.41, 5.74) is 5.27. The molecule has 2 amide bonds. The van der Waals surface area contributed by atoms with E-state index >= 15 is 0 Å². The van der Waals surface area contributed by atoms with Crippen molar-refractivity contribution < 1.29 is 9.59 Å². The Morgan fingerprint density at radius 1 is 0.871 bits per heavy atom. The van der Waals surface area contributed by atoms with Crippen LogP contribution in [0.15, 0.2) is 71.8 Å². The first-order valence-corrected chi connectivity index (χ1v) is 10.5. The number of amides is 2. The van der Waals surface area contributed by atoms with E-state index in [1.807, 2.05) is 66.7 Å². The fourth-order valence-electron chi connectivity index (χ4n) is 3.37.